The topological polar surface area (TPSA) is 38.8 Å². The molecular weight excluding hydrogens is 273 g/mol. The molecule has 4 nitrogen and oxygen atoms in total. The molecule has 1 saturated heterocycles. The molecule has 1 aliphatic rings. The van der Waals surface area contributed by atoms with Crippen molar-refractivity contribution in [3.05, 3.63) is 35.6 Å². The molecule has 116 valence electrons. The number of hydrogen-bond donors (Lipinski definition) is 0. The molecule has 0 aliphatic carbocycles. The summed E-state index contributed by atoms with van der Waals surface area (Å²) in [4.78, 5) is 13.4. The zero-order valence-electron chi connectivity index (χ0n) is 12.8. The van der Waals surface area contributed by atoms with E-state index in [2.05, 4.69) is 0 Å². The Labute approximate surface area is 124 Å². The zero-order valence-corrected chi connectivity index (χ0v) is 12.8. The van der Waals surface area contributed by atoms with Crippen molar-refractivity contribution in [2.45, 2.75) is 33.0 Å². The van der Waals surface area contributed by atoms with E-state index >= 15 is 0 Å². The van der Waals surface area contributed by atoms with Crippen molar-refractivity contribution in [2.75, 3.05) is 19.7 Å². The molecule has 0 N–H and O–H groups in total. The second-order valence-electron chi connectivity index (χ2n) is 6.39. The van der Waals surface area contributed by atoms with Crippen molar-refractivity contribution in [3.63, 3.8) is 0 Å². The molecule has 0 radical (unpaired) electrons. The standard InChI is InChI=1S/C16H22FNO3/c1-16(2,3)21-15(19)18-8-13(9-18)11-20-10-12-4-6-14(17)7-5-12/h4-7,13H,8-11H2,1-3H3. The number of rotatable bonds is 4. The number of carbonyl (C=O) groups excluding carboxylic acids is 1. The summed E-state index contributed by atoms with van der Waals surface area (Å²) in [6, 6.07) is 6.27. The number of amides is 1. The van der Waals surface area contributed by atoms with Crippen LogP contribution in [-0.2, 0) is 16.1 Å². The average molecular weight is 295 g/mol. The van der Waals surface area contributed by atoms with Gasteiger partial charge in [-0.1, -0.05) is 12.1 Å². The summed E-state index contributed by atoms with van der Waals surface area (Å²) in [5.41, 5.74) is 0.487. The minimum atomic E-state index is -0.457. The van der Waals surface area contributed by atoms with Crippen LogP contribution in [0.15, 0.2) is 24.3 Å². The van der Waals surface area contributed by atoms with Gasteiger partial charge in [-0.15, -0.1) is 0 Å². The van der Waals surface area contributed by atoms with E-state index in [0.29, 0.717) is 32.2 Å². The van der Waals surface area contributed by atoms with E-state index in [-0.39, 0.29) is 11.9 Å². The molecule has 1 fully saturated rings. The summed E-state index contributed by atoms with van der Waals surface area (Å²) < 4.78 is 23.6. The maximum absolute atomic E-state index is 12.7. The Bertz CT molecular complexity index is 475. The van der Waals surface area contributed by atoms with Gasteiger partial charge in [0, 0.05) is 19.0 Å². The highest BCUT2D eigenvalue weighted by molar-refractivity contribution is 5.69. The summed E-state index contributed by atoms with van der Waals surface area (Å²) in [6.45, 7) is 7.95. The van der Waals surface area contributed by atoms with Crippen molar-refractivity contribution >= 4 is 6.09 Å². The highest BCUT2D eigenvalue weighted by Crippen LogP contribution is 2.20. The van der Waals surface area contributed by atoms with Gasteiger partial charge in [0.25, 0.3) is 0 Å². The zero-order chi connectivity index (χ0) is 15.5. The third kappa shape index (κ3) is 5.01. The Morgan fingerprint density at radius 3 is 2.48 bits per heavy atom. The third-order valence-corrected chi connectivity index (χ3v) is 3.14. The number of benzene rings is 1. The number of hydrogen-bond acceptors (Lipinski definition) is 3. The second kappa shape index (κ2) is 6.43. The fourth-order valence-electron chi connectivity index (χ4n) is 2.07. The molecule has 2 rings (SSSR count). The van der Waals surface area contributed by atoms with Crippen molar-refractivity contribution in [1.29, 1.82) is 0 Å². The van der Waals surface area contributed by atoms with E-state index < -0.39 is 5.60 Å². The summed E-state index contributed by atoms with van der Waals surface area (Å²) in [5, 5.41) is 0. The summed E-state index contributed by atoms with van der Waals surface area (Å²) >= 11 is 0. The molecule has 0 saturated carbocycles. The first-order chi connectivity index (χ1) is 9.83. The van der Waals surface area contributed by atoms with Gasteiger partial charge in [0.05, 0.1) is 13.2 Å². The molecule has 21 heavy (non-hydrogen) atoms. The van der Waals surface area contributed by atoms with Gasteiger partial charge in [0.2, 0.25) is 0 Å². The Balaban J connectivity index is 1.62. The molecule has 0 atom stereocenters. The predicted molar refractivity (Wildman–Crippen MR) is 77.4 cm³/mol. The highest BCUT2D eigenvalue weighted by atomic mass is 19.1. The maximum atomic E-state index is 12.7. The number of nitrogens with zero attached hydrogens (tertiary/aromatic N) is 1. The second-order valence-corrected chi connectivity index (χ2v) is 6.39. The lowest BCUT2D eigenvalue weighted by Crippen LogP contribution is -2.53. The fraction of sp³-hybridized carbons (Fsp3) is 0.562. The summed E-state index contributed by atoms with van der Waals surface area (Å²) in [7, 11) is 0. The first-order valence-electron chi connectivity index (χ1n) is 7.13. The van der Waals surface area contributed by atoms with Crippen LogP contribution in [0, 0.1) is 11.7 Å². The van der Waals surface area contributed by atoms with Gasteiger partial charge in [0.1, 0.15) is 11.4 Å². The normalized spacial score (nSPS) is 15.7. The Kier molecular flexibility index (Phi) is 4.83. The van der Waals surface area contributed by atoms with E-state index in [1.54, 1.807) is 17.0 Å². The van der Waals surface area contributed by atoms with Crippen molar-refractivity contribution in [3.8, 4) is 0 Å². The molecule has 1 amide bonds. The highest BCUT2D eigenvalue weighted by Gasteiger charge is 2.33. The van der Waals surface area contributed by atoms with Crippen LogP contribution in [0.1, 0.15) is 26.3 Å². The molecule has 1 heterocycles. The van der Waals surface area contributed by atoms with Gasteiger partial charge < -0.3 is 14.4 Å². The van der Waals surface area contributed by atoms with E-state index in [4.69, 9.17) is 9.47 Å². The third-order valence-electron chi connectivity index (χ3n) is 3.14. The van der Waals surface area contributed by atoms with Gasteiger partial charge in [0.15, 0.2) is 0 Å². The lowest BCUT2D eigenvalue weighted by Gasteiger charge is -2.39. The van der Waals surface area contributed by atoms with E-state index in [1.165, 1.54) is 12.1 Å². The lowest BCUT2D eigenvalue weighted by atomic mass is 10.0. The van der Waals surface area contributed by atoms with Crippen molar-refractivity contribution in [2.24, 2.45) is 5.92 Å². The minimum absolute atomic E-state index is 0.245. The number of carbonyl (C=O) groups is 1. The van der Waals surface area contributed by atoms with Crippen LogP contribution in [0.3, 0.4) is 0 Å². The maximum Gasteiger partial charge on any atom is 0.410 e. The minimum Gasteiger partial charge on any atom is -0.444 e. The van der Waals surface area contributed by atoms with E-state index in [1.807, 2.05) is 20.8 Å². The molecular formula is C16H22FNO3. The van der Waals surface area contributed by atoms with Crippen LogP contribution in [0.4, 0.5) is 9.18 Å². The Morgan fingerprint density at radius 1 is 1.29 bits per heavy atom. The smallest absolute Gasteiger partial charge is 0.410 e. The first kappa shape index (κ1) is 15.8. The van der Waals surface area contributed by atoms with Crippen LogP contribution in [-0.4, -0.2) is 36.3 Å². The van der Waals surface area contributed by atoms with Crippen LogP contribution in [0.2, 0.25) is 0 Å². The van der Waals surface area contributed by atoms with Crippen LogP contribution < -0.4 is 0 Å². The van der Waals surface area contributed by atoms with Crippen molar-refractivity contribution in [1.82, 2.24) is 4.90 Å². The van der Waals surface area contributed by atoms with Gasteiger partial charge >= 0.3 is 6.09 Å². The Hall–Kier alpha value is -1.62. The number of ether oxygens (including phenoxy) is 2. The molecule has 0 unspecified atom stereocenters. The van der Waals surface area contributed by atoms with Crippen molar-refractivity contribution < 1.29 is 18.7 Å². The van der Waals surface area contributed by atoms with Crippen LogP contribution >= 0.6 is 0 Å². The lowest BCUT2D eigenvalue weighted by molar-refractivity contribution is -0.0227. The average Bonchev–Trinajstić information content (AvgIpc) is 2.32. The van der Waals surface area contributed by atoms with Gasteiger partial charge in [-0.05, 0) is 38.5 Å². The van der Waals surface area contributed by atoms with Crippen LogP contribution in [0.5, 0.6) is 0 Å². The predicted octanol–water partition coefficient (Wildman–Crippen LogP) is 3.21. The molecule has 5 heteroatoms. The monoisotopic (exact) mass is 295 g/mol. The van der Waals surface area contributed by atoms with E-state index in [0.717, 1.165) is 5.56 Å². The molecule has 1 aromatic carbocycles. The fourth-order valence-corrected chi connectivity index (χ4v) is 2.07. The van der Waals surface area contributed by atoms with Gasteiger partial charge in [-0.3, -0.25) is 0 Å². The largest absolute Gasteiger partial charge is 0.444 e. The quantitative estimate of drug-likeness (QED) is 0.856. The molecule has 1 aliphatic heterocycles. The Morgan fingerprint density at radius 2 is 1.90 bits per heavy atom. The molecule has 0 spiro atoms. The summed E-state index contributed by atoms with van der Waals surface area (Å²) in [5.74, 6) is 0.101. The SMILES string of the molecule is CC(C)(C)OC(=O)N1CC(COCc2ccc(F)cc2)C1. The first-order valence-corrected chi connectivity index (χ1v) is 7.13. The van der Waals surface area contributed by atoms with Crippen LogP contribution in [0.25, 0.3) is 0 Å². The number of halogens is 1. The van der Waals surface area contributed by atoms with Gasteiger partial charge in [-0.25, -0.2) is 9.18 Å². The van der Waals surface area contributed by atoms with Gasteiger partial charge in [-0.2, -0.15) is 0 Å². The van der Waals surface area contributed by atoms with E-state index in [9.17, 15) is 9.18 Å². The number of likely N-dealkylation sites (tertiary alicyclic amines) is 1. The summed E-state index contributed by atoms with van der Waals surface area (Å²) in [6.07, 6.45) is -0.266. The molecule has 1 aromatic rings. The molecule has 0 aromatic heterocycles. The molecule has 0 bridgehead atoms.